The topological polar surface area (TPSA) is 26.0 Å². The van der Waals surface area contributed by atoms with Crippen molar-refractivity contribution in [2.75, 3.05) is 0 Å². The minimum atomic E-state index is -0.561. The van der Waals surface area contributed by atoms with Crippen LogP contribution in [0.5, 0.6) is 0 Å². The van der Waals surface area contributed by atoms with E-state index in [1.807, 2.05) is 0 Å². The second-order valence-electron chi connectivity index (χ2n) is 5.90. The molecule has 100 valence electrons. The largest absolute Gasteiger partial charge is 0.321 e. The van der Waals surface area contributed by atoms with Crippen LogP contribution in [-0.2, 0) is 5.54 Å². The molecule has 1 aliphatic carbocycles. The van der Waals surface area contributed by atoms with Gasteiger partial charge < -0.3 is 5.73 Å². The lowest BCUT2D eigenvalue weighted by Crippen LogP contribution is -2.41. The number of benzene rings is 1. The lowest BCUT2D eigenvalue weighted by Gasteiger charge is -2.39. The zero-order chi connectivity index (χ0) is 13.3. The standard InChI is InChI=1S/C15H21F2N/c1-10(2)11-3-5-15(18,6-4-11)12-7-13(16)9-14(17)8-12/h7-11H,3-6,18H2,1-2H3. The molecule has 18 heavy (non-hydrogen) atoms. The number of halogens is 2. The Morgan fingerprint density at radius 1 is 1.11 bits per heavy atom. The Bertz CT molecular complexity index is 400. The summed E-state index contributed by atoms with van der Waals surface area (Å²) >= 11 is 0. The normalized spacial score (nSPS) is 28.7. The minimum absolute atomic E-state index is 0.541. The van der Waals surface area contributed by atoms with Gasteiger partial charge in [0.05, 0.1) is 0 Å². The van der Waals surface area contributed by atoms with Crippen LogP contribution in [0.25, 0.3) is 0 Å². The van der Waals surface area contributed by atoms with Crippen LogP contribution in [0, 0.1) is 23.5 Å². The molecule has 1 aliphatic rings. The first kappa shape index (κ1) is 13.5. The molecule has 0 atom stereocenters. The van der Waals surface area contributed by atoms with Crippen LogP contribution in [0.2, 0.25) is 0 Å². The van der Waals surface area contributed by atoms with Gasteiger partial charge in [0.2, 0.25) is 0 Å². The van der Waals surface area contributed by atoms with E-state index in [4.69, 9.17) is 5.73 Å². The van der Waals surface area contributed by atoms with E-state index in [2.05, 4.69) is 13.8 Å². The molecule has 1 aromatic carbocycles. The monoisotopic (exact) mass is 253 g/mol. The zero-order valence-corrected chi connectivity index (χ0v) is 11.0. The van der Waals surface area contributed by atoms with Crippen LogP contribution < -0.4 is 5.73 Å². The molecule has 0 spiro atoms. The maximum atomic E-state index is 13.3. The summed E-state index contributed by atoms with van der Waals surface area (Å²) in [5.41, 5.74) is 6.39. The average Bonchev–Trinajstić information content (AvgIpc) is 2.28. The average molecular weight is 253 g/mol. The van der Waals surface area contributed by atoms with Gasteiger partial charge in [0.25, 0.3) is 0 Å². The van der Waals surface area contributed by atoms with Crippen molar-refractivity contribution in [1.82, 2.24) is 0 Å². The third-order valence-electron chi connectivity index (χ3n) is 4.30. The van der Waals surface area contributed by atoms with Crippen molar-refractivity contribution >= 4 is 0 Å². The lowest BCUT2D eigenvalue weighted by atomic mass is 9.70. The Morgan fingerprint density at radius 2 is 1.61 bits per heavy atom. The van der Waals surface area contributed by atoms with Crippen molar-refractivity contribution in [3.05, 3.63) is 35.4 Å². The molecule has 0 radical (unpaired) electrons. The maximum Gasteiger partial charge on any atom is 0.126 e. The van der Waals surface area contributed by atoms with Crippen LogP contribution in [0.15, 0.2) is 18.2 Å². The molecule has 0 bridgehead atoms. The number of hydrogen-bond donors (Lipinski definition) is 1. The summed E-state index contributed by atoms with van der Waals surface area (Å²) in [6.07, 6.45) is 3.68. The summed E-state index contributed by atoms with van der Waals surface area (Å²) < 4.78 is 26.5. The van der Waals surface area contributed by atoms with E-state index in [1.165, 1.54) is 12.1 Å². The molecule has 0 unspecified atom stereocenters. The number of hydrogen-bond acceptors (Lipinski definition) is 1. The Morgan fingerprint density at radius 3 is 2.06 bits per heavy atom. The van der Waals surface area contributed by atoms with Crippen LogP contribution in [0.4, 0.5) is 8.78 Å². The van der Waals surface area contributed by atoms with Crippen molar-refractivity contribution < 1.29 is 8.78 Å². The summed E-state index contributed by atoms with van der Waals surface area (Å²) in [6, 6.07) is 3.64. The highest BCUT2D eigenvalue weighted by Crippen LogP contribution is 2.40. The minimum Gasteiger partial charge on any atom is -0.321 e. The van der Waals surface area contributed by atoms with E-state index in [0.29, 0.717) is 17.4 Å². The highest BCUT2D eigenvalue weighted by atomic mass is 19.1. The lowest BCUT2D eigenvalue weighted by molar-refractivity contribution is 0.195. The summed E-state index contributed by atoms with van der Waals surface area (Å²) in [6.45, 7) is 4.44. The molecule has 0 heterocycles. The fraction of sp³-hybridized carbons (Fsp3) is 0.600. The highest BCUT2D eigenvalue weighted by Gasteiger charge is 2.34. The molecule has 1 fully saturated rings. The first-order valence-electron chi connectivity index (χ1n) is 6.66. The van der Waals surface area contributed by atoms with Crippen molar-refractivity contribution in [3.8, 4) is 0 Å². The van der Waals surface area contributed by atoms with Gasteiger partial charge in [-0.1, -0.05) is 13.8 Å². The molecule has 0 saturated heterocycles. The molecule has 3 heteroatoms. The van der Waals surface area contributed by atoms with Crippen LogP contribution in [0.3, 0.4) is 0 Å². The maximum absolute atomic E-state index is 13.3. The third kappa shape index (κ3) is 2.72. The van der Waals surface area contributed by atoms with Crippen molar-refractivity contribution in [3.63, 3.8) is 0 Å². The summed E-state index contributed by atoms with van der Waals surface area (Å²) in [5, 5.41) is 0. The Hall–Kier alpha value is -0.960. The Balaban J connectivity index is 2.18. The van der Waals surface area contributed by atoms with Gasteiger partial charge >= 0.3 is 0 Å². The Kier molecular flexibility index (Phi) is 3.71. The number of nitrogens with two attached hydrogens (primary N) is 1. The third-order valence-corrected chi connectivity index (χ3v) is 4.30. The van der Waals surface area contributed by atoms with Crippen LogP contribution in [0.1, 0.15) is 45.1 Å². The summed E-state index contributed by atoms with van der Waals surface area (Å²) in [4.78, 5) is 0. The van der Waals surface area contributed by atoms with Crippen molar-refractivity contribution in [1.29, 1.82) is 0 Å². The second-order valence-corrected chi connectivity index (χ2v) is 5.90. The predicted molar refractivity (Wildman–Crippen MR) is 69.0 cm³/mol. The van der Waals surface area contributed by atoms with E-state index in [1.54, 1.807) is 0 Å². The smallest absolute Gasteiger partial charge is 0.126 e. The molecule has 2 N–H and O–H groups in total. The van der Waals surface area contributed by atoms with Crippen LogP contribution in [-0.4, -0.2) is 0 Å². The summed E-state index contributed by atoms with van der Waals surface area (Å²) in [5.74, 6) is 0.250. The molecule has 0 amide bonds. The molecule has 0 aliphatic heterocycles. The highest BCUT2D eigenvalue weighted by molar-refractivity contribution is 5.26. The second kappa shape index (κ2) is 4.96. The molecular formula is C15H21F2N. The van der Waals surface area contributed by atoms with Gasteiger partial charge in [-0.2, -0.15) is 0 Å². The van der Waals surface area contributed by atoms with Gasteiger partial charge in [-0.05, 0) is 55.2 Å². The first-order valence-corrected chi connectivity index (χ1v) is 6.66. The SMILES string of the molecule is CC(C)C1CCC(N)(c2cc(F)cc(F)c2)CC1. The van der Waals surface area contributed by atoms with Gasteiger partial charge in [0, 0.05) is 11.6 Å². The van der Waals surface area contributed by atoms with Crippen molar-refractivity contribution in [2.24, 2.45) is 17.6 Å². The van der Waals surface area contributed by atoms with Gasteiger partial charge in [-0.15, -0.1) is 0 Å². The molecule has 1 nitrogen and oxygen atoms in total. The van der Waals surface area contributed by atoms with E-state index >= 15 is 0 Å². The predicted octanol–water partition coefficient (Wildman–Crippen LogP) is 3.97. The van der Waals surface area contributed by atoms with Crippen LogP contribution >= 0.6 is 0 Å². The van der Waals surface area contributed by atoms with E-state index in [-0.39, 0.29) is 0 Å². The van der Waals surface area contributed by atoms with E-state index < -0.39 is 17.2 Å². The van der Waals surface area contributed by atoms with Gasteiger partial charge in [0.15, 0.2) is 0 Å². The molecule has 2 rings (SSSR count). The fourth-order valence-electron chi connectivity index (χ4n) is 2.95. The molecule has 0 aromatic heterocycles. The molecular weight excluding hydrogens is 232 g/mol. The zero-order valence-electron chi connectivity index (χ0n) is 11.0. The van der Waals surface area contributed by atoms with E-state index in [0.717, 1.165) is 31.7 Å². The fourth-order valence-corrected chi connectivity index (χ4v) is 2.95. The van der Waals surface area contributed by atoms with E-state index in [9.17, 15) is 8.78 Å². The quantitative estimate of drug-likeness (QED) is 0.848. The van der Waals surface area contributed by atoms with Gasteiger partial charge in [0.1, 0.15) is 11.6 Å². The van der Waals surface area contributed by atoms with Crippen molar-refractivity contribution in [2.45, 2.75) is 45.1 Å². The van der Waals surface area contributed by atoms with Gasteiger partial charge in [-0.3, -0.25) is 0 Å². The van der Waals surface area contributed by atoms with Gasteiger partial charge in [-0.25, -0.2) is 8.78 Å². The molecule has 1 aromatic rings. The Labute approximate surface area is 107 Å². The number of rotatable bonds is 2. The summed E-state index contributed by atoms with van der Waals surface area (Å²) in [7, 11) is 0. The first-order chi connectivity index (χ1) is 8.40. The molecule has 1 saturated carbocycles.